The van der Waals surface area contributed by atoms with Gasteiger partial charge in [0.05, 0.1) is 18.4 Å². The molecule has 0 bridgehead atoms. The Hall–Kier alpha value is -2.87. The Balaban J connectivity index is 1.79. The van der Waals surface area contributed by atoms with Crippen molar-refractivity contribution in [2.45, 2.75) is 18.2 Å². The van der Waals surface area contributed by atoms with E-state index in [4.69, 9.17) is 4.74 Å². The highest BCUT2D eigenvalue weighted by atomic mass is 19.4. The number of rotatable bonds is 2. The molecule has 0 aliphatic carbocycles. The number of carbonyl (C=O) groups is 1. The van der Waals surface area contributed by atoms with Crippen molar-refractivity contribution in [1.29, 1.82) is 0 Å². The van der Waals surface area contributed by atoms with E-state index in [1.807, 2.05) is 0 Å². The first-order valence-electron chi connectivity index (χ1n) is 8.23. The topological polar surface area (TPSA) is 62.1 Å². The van der Waals surface area contributed by atoms with Crippen molar-refractivity contribution in [3.05, 3.63) is 53.6 Å². The minimum Gasteiger partial charge on any atom is -0.497 e. The normalized spacial score (nSPS) is 21.6. The Morgan fingerprint density at radius 3 is 2.52 bits per heavy atom. The first-order valence-corrected chi connectivity index (χ1v) is 8.23. The van der Waals surface area contributed by atoms with E-state index in [0.29, 0.717) is 18.0 Å². The largest absolute Gasteiger partial charge is 0.497 e. The Morgan fingerprint density at radius 1 is 1.19 bits per heavy atom. The fourth-order valence-corrected chi connectivity index (χ4v) is 3.42. The van der Waals surface area contributed by atoms with Gasteiger partial charge in [0, 0.05) is 24.2 Å². The van der Waals surface area contributed by atoms with Crippen LogP contribution in [0.2, 0.25) is 0 Å². The number of halogens is 3. The lowest BCUT2D eigenvalue weighted by Crippen LogP contribution is -2.48. The van der Waals surface area contributed by atoms with Crippen molar-refractivity contribution in [1.82, 2.24) is 0 Å². The van der Waals surface area contributed by atoms with Crippen LogP contribution in [0.1, 0.15) is 22.3 Å². The smallest absolute Gasteiger partial charge is 0.416 e. The molecule has 1 N–H and O–H groups in total. The number of aliphatic hydroxyl groups is 1. The second kappa shape index (κ2) is 5.82. The lowest BCUT2D eigenvalue weighted by molar-refractivity contribution is -0.137. The highest BCUT2D eigenvalue weighted by Gasteiger charge is 2.52. The number of aliphatic imine (C=N–C) groups is 1. The number of carbonyl (C=O) groups excluding carboxylic acids is 1. The zero-order valence-electron chi connectivity index (χ0n) is 14.2. The first kappa shape index (κ1) is 17.5. The number of nitrogens with zero attached hydrogens (tertiary/aromatic N) is 2. The summed E-state index contributed by atoms with van der Waals surface area (Å²) in [6.45, 7) is 0.313. The van der Waals surface area contributed by atoms with Gasteiger partial charge < -0.3 is 14.7 Å². The third-order valence-corrected chi connectivity index (χ3v) is 4.88. The molecule has 2 aromatic carbocycles. The molecule has 2 aliphatic heterocycles. The Kier molecular flexibility index (Phi) is 3.78. The van der Waals surface area contributed by atoms with Crippen LogP contribution in [0.25, 0.3) is 0 Å². The van der Waals surface area contributed by atoms with E-state index in [1.54, 1.807) is 36.3 Å². The molecule has 0 unspecified atom stereocenters. The van der Waals surface area contributed by atoms with Crippen molar-refractivity contribution in [3.63, 3.8) is 0 Å². The van der Waals surface area contributed by atoms with Crippen molar-refractivity contribution < 1.29 is 27.8 Å². The van der Waals surface area contributed by atoms with Gasteiger partial charge in [-0.05, 0) is 42.5 Å². The summed E-state index contributed by atoms with van der Waals surface area (Å²) in [5.74, 6) is 0.0226. The molecule has 2 heterocycles. The Morgan fingerprint density at radius 2 is 1.89 bits per heavy atom. The Labute approximate surface area is 152 Å². The fraction of sp³-hybridized carbons (Fsp3) is 0.263. The summed E-state index contributed by atoms with van der Waals surface area (Å²) < 4.78 is 44.0. The molecule has 4 rings (SSSR count). The third-order valence-electron chi connectivity index (χ3n) is 4.88. The highest BCUT2D eigenvalue weighted by Crippen LogP contribution is 2.41. The molecule has 140 valence electrons. The fourth-order valence-electron chi connectivity index (χ4n) is 3.42. The van der Waals surface area contributed by atoms with Crippen LogP contribution in [0.3, 0.4) is 0 Å². The van der Waals surface area contributed by atoms with E-state index in [0.717, 1.165) is 18.2 Å². The van der Waals surface area contributed by atoms with Crippen molar-refractivity contribution in [2.24, 2.45) is 4.99 Å². The number of ketones is 1. The number of anilines is 1. The summed E-state index contributed by atoms with van der Waals surface area (Å²) in [5.41, 5.74) is -2.27. The average molecular weight is 376 g/mol. The number of benzene rings is 2. The first-order chi connectivity index (χ1) is 12.7. The number of hydrogen-bond acceptors (Lipinski definition) is 5. The highest BCUT2D eigenvalue weighted by molar-refractivity contribution is 6.28. The molecule has 2 aliphatic rings. The van der Waals surface area contributed by atoms with E-state index in [1.165, 1.54) is 0 Å². The van der Waals surface area contributed by atoms with E-state index in [-0.39, 0.29) is 23.5 Å². The molecule has 0 radical (unpaired) electrons. The molecule has 0 spiro atoms. The van der Waals surface area contributed by atoms with E-state index < -0.39 is 23.1 Å². The van der Waals surface area contributed by atoms with E-state index in [9.17, 15) is 23.1 Å². The Bertz CT molecular complexity index is 954. The van der Waals surface area contributed by atoms with Crippen LogP contribution >= 0.6 is 0 Å². The van der Waals surface area contributed by atoms with Crippen LogP contribution in [0.4, 0.5) is 24.5 Å². The summed E-state index contributed by atoms with van der Waals surface area (Å²) >= 11 is 0. The predicted molar refractivity (Wildman–Crippen MR) is 92.8 cm³/mol. The van der Waals surface area contributed by atoms with Gasteiger partial charge in [0.1, 0.15) is 11.6 Å². The molecule has 0 aromatic heterocycles. The van der Waals surface area contributed by atoms with Crippen LogP contribution in [-0.4, -0.2) is 36.0 Å². The van der Waals surface area contributed by atoms with Gasteiger partial charge in [-0.2, -0.15) is 13.2 Å². The van der Waals surface area contributed by atoms with Gasteiger partial charge in [0.15, 0.2) is 5.60 Å². The molecular formula is C19H15F3N2O3. The molecule has 0 amide bonds. The summed E-state index contributed by atoms with van der Waals surface area (Å²) in [5, 5.41) is 10.9. The number of methoxy groups -OCH3 is 1. The summed E-state index contributed by atoms with van der Waals surface area (Å²) in [6.07, 6.45) is -4.53. The summed E-state index contributed by atoms with van der Waals surface area (Å²) in [6, 6.07) is 9.80. The van der Waals surface area contributed by atoms with Crippen LogP contribution in [0.5, 0.6) is 5.75 Å². The summed E-state index contributed by atoms with van der Waals surface area (Å²) in [4.78, 5) is 18.9. The van der Waals surface area contributed by atoms with Crippen LogP contribution in [-0.2, 0) is 6.18 Å². The zero-order chi connectivity index (χ0) is 19.4. The molecule has 5 nitrogen and oxygen atoms in total. The maximum Gasteiger partial charge on any atom is 0.416 e. The predicted octanol–water partition coefficient (Wildman–Crippen LogP) is 3.58. The maximum atomic E-state index is 13.0. The van der Waals surface area contributed by atoms with Gasteiger partial charge >= 0.3 is 6.18 Å². The molecular weight excluding hydrogens is 361 g/mol. The number of amidine groups is 1. The number of fused-ring (bicyclic) bond motifs is 2. The van der Waals surface area contributed by atoms with Crippen LogP contribution in [0, 0.1) is 0 Å². The quantitative estimate of drug-likeness (QED) is 0.870. The molecule has 1 fully saturated rings. The van der Waals surface area contributed by atoms with Crippen LogP contribution < -0.4 is 9.64 Å². The molecule has 1 saturated heterocycles. The monoisotopic (exact) mass is 376 g/mol. The number of alkyl halides is 3. The lowest BCUT2D eigenvalue weighted by atomic mass is 9.87. The lowest BCUT2D eigenvalue weighted by Gasteiger charge is -2.30. The maximum absolute atomic E-state index is 13.0. The van der Waals surface area contributed by atoms with Crippen molar-refractivity contribution in [2.75, 3.05) is 18.6 Å². The van der Waals surface area contributed by atoms with Gasteiger partial charge in [0.2, 0.25) is 5.78 Å². The molecule has 2 aromatic rings. The summed E-state index contributed by atoms with van der Waals surface area (Å²) in [7, 11) is 1.54. The van der Waals surface area contributed by atoms with Gasteiger partial charge in [-0.25, -0.2) is 4.99 Å². The van der Waals surface area contributed by atoms with Crippen molar-refractivity contribution in [3.8, 4) is 5.75 Å². The van der Waals surface area contributed by atoms with E-state index in [2.05, 4.69) is 4.99 Å². The van der Waals surface area contributed by atoms with Gasteiger partial charge in [-0.1, -0.05) is 0 Å². The second-order valence-electron chi connectivity index (χ2n) is 6.45. The number of Topliss-reactive ketones (excluding diaryl/α,β-unsaturated/α-hetero) is 1. The molecule has 27 heavy (non-hydrogen) atoms. The second-order valence-corrected chi connectivity index (χ2v) is 6.45. The van der Waals surface area contributed by atoms with Crippen LogP contribution in [0.15, 0.2) is 47.5 Å². The SMILES string of the molecule is COc1ccc(N2CC[C@@]3(O)C(=O)c4cc(C(F)(F)F)ccc4N=C23)cc1. The average Bonchev–Trinajstić information content (AvgIpc) is 2.99. The molecule has 8 heteroatoms. The minimum absolute atomic E-state index is 0.0480. The van der Waals surface area contributed by atoms with Gasteiger partial charge in [-0.15, -0.1) is 0 Å². The third kappa shape index (κ3) is 2.68. The number of hydrogen-bond donors (Lipinski definition) is 1. The minimum atomic E-state index is -4.58. The standard InChI is InChI=1S/C19H15F3N2O3/c1-27-13-5-3-12(4-6-13)24-9-8-18(26)16(25)14-10-11(19(20,21)22)2-7-15(14)23-17(18)24/h2-7,10,26H,8-9H2,1H3/t18-/m1/s1. The van der Waals surface area contributed by atoms with Crippen molar-refractivity contribution >= 4 is 23.0 Å². The zero-order valence-corrected chi connectivity index (χ0v) is 14.2. The van der Waals surface area contributed by atoms with Gasteiger partial charge in [-0.3, -0.25) is 4.79 Å². The van der Waals surface area contributed by atoms with Gasteiger partial charge in [0.25, 0.3) is 0 Å². The van der Waals surface area contributed by atoms with E-state index >= 15 is 0 Å². The number of ether oxygens (including phenoxy) is 1. The molecule has 0 saturated carbocycles. The molecule has 1 atom stereocenters.